The number of ether oxygens (including phenoxy) is 1. The van der Waals surface area contributed by atoms with Crippen LogP contribution in [0.4, 0.5) is 5.82 Å². The topological polar surface area (TPSA) is 107 Å². The Morgan fingerprint density at radius 1 is 1.43 bits per heavy atom. The number of nitrogen functional groups attached to an aromatic ring is 1. The molecule has 3 aromatic rings. The van der Waals surface area contributed by atoms with E-state index in [0.29, 0.717) is 40.9 Å². The second kappa shape index (κ2) is 7.61. The van der Waals surface area contributed by atoms with Crippen molar-refractivity contribution in [1.82, 2.24) is 19.9 Å². The monoisotopic (exact) mass is 396 g/mol. The molecule has 0 bridgehead atoms. The highest BCUT2D eigenvalue weighted by Crippen LogP contribution is 2.27. The lowest BCUT2D eigenvalue weighted by Gasteiger charge is -2.32. The van der Waals surface area contributed by atoms with Crippen molar-refractivity contribution < 1.29 is 9.53 Å². The van der Waals surface area contributed by atoms with Gasteiger partial charge < -0.3 is 15.4 Å². The fourth-order valence-electron chi connectivity index (χ4n) is 3.10. The summed E-state index contributed by atoms with van der Waals surface area (Å²) in [5.74, 6) is 0.344. The summed E-state index contributed by atoms with van der Waals surface area (Å²) in [7, 11) is 1.68. The molecule has 4 rings (SSSR count). The minimum atomic E-state index is -0.0732. The van der Waals surface area contributed by atoms with E-state index in [1.807, 2.05) is 30.0 Å². The maximum atomic E-state index is 12.8. The Hall–Kier alpha value is -2.91. The van der Waals surface area contributed by atoms with Crippen LogP contribution in [0.5, 0.6) is 0 Å². The van der Waals surface area contributed by atoms with Gasteiger partial charge in [-0.15, -0.1) is 0 Å². The van der Waals surface area contributed by atoms with E-state index in [2.05, 4.69) is 19.9 Å². The molecule has 0 spiro atoms. The fraction of sp³-hybridized carbons (Fsp3) is 0.316. The van der Waals surface area contributed by atoms with Crippen molar-refractivity contribution in [2.75, 3.05) is 32.5 Å². The van der Waals surface area contributed by atoms with Crippen LogP contribution in [-0.4, -0.2) is 64.8 Å². The number of thiazole rings is 1. The molecule has 2 N–H and O–H groups in total. The number of nitrogens with zero attached hydrogens (tertiary/aromatic N) is 5. The Bertz CT molecular complexity index is 1060. The Morgan fingerprint density at radius 2 is 2.29 bits per heavy atom. The molecular formula is C19H20N6O2S. The van der Waals surface area contributed by atoms with Gasteiger partial charge in [0.25, 0.3) is 5.91 Å². The second-order valence-corrected chi connectivity index (χ2v) is 7.53. The van der Waals surface area contributed by atoms with Crippen molar-refractivity contribution in [3.63, 3.8) is 0 Å². The summed E-state index contributed by atoms with van der Waals surface area (Å²) in [5, 5.41) is 0.447. The highest BCUT2D eigenvalue weighted by Gasteiger charge is 2.27. The number of anilines is 1. The number of amides is 1. The first-order valence-electron chi connectivity index (χ1n) is 8.91. The van der Waals surface area contributed by atoms with E-state index in [4.69, 9.17) is 10.5 Å². The highest BCUT2D eigenvalue weighted by molar-refractivity contribution is 7.19. The third-order valence-corrected chi connectivity index (χ3v) is 5.53. The number of rotatable bonds is 3. The van der Waals surface area contributed by atoms with Gasteiger partial charge in [0.15, 0.2) is 5.01 Å². The van der Waals surface area contributed by atoms with Crippen LogP contribution in [0.3, 0.4) is 0 Å². The normalized spacial score (nSPS) is 17.5. The third kappa shape index (κ3) is 3.46. The van der Waals surface area contributed by atoms with Crippen LogP contribution >= 0.6 is 11.3 Å². The second-order valence-electron chi connectivity index (χ2n) is 6.55. The van der Waals surface area contributed by atoms with Crippen LogP contribution in [0.15, 0.2) is 29.4 Å². The van der Waals surface area contributed by atoms with E-state index in [9.17, 15) is 4.79 Å². The van der Waals surface area contributed by atoms with E-state index in [1.165, 1.54) is 11.3 Å². The summed E-state index contributed by atoms with van der Waals surface area (Å²) >= 11 is 1.30. The first kappa shape index (κ1) is 18.5. The highest BCUT2D eigenvalue weighted by atomic mass is 32.1. The molecule has 4 heterocycles. The maximum absolute atomic E-state index is 12.8. The van der Waals surface area contributed by atoms with Gasteiger partial charge in [0.05, 0.1) is 24.9 Å². The number of aromatic nitrogens is 3. The Kier molecular flexibility index (Phi) is 5.01. The molecular weight excluding hydrogens is 376 g/mol. The lowest BCUT2D eigenvalue weighted by Crippen LogP contribution is -2.47. The van der Waals surface area contributed by atoms with Gasteiger partial charge in [-0.3, -0.25) is 9.79 Å². The molecule has 0 radical (unpaired) electrons. The summed E-state index contributed by atoms with van der Waals surface area (Å²) in [5.41, 5.74) is 8.90. The first-order chi connectivity index (χ1) is 13.6. The van der Waals surface area contributed by atoms with E-state index < -0.39 is 0 Å². The number of hydrogen-bond acceptors (Lipinski definition) is 8. The van der Waals surface area contributed by atoms with Gasteiger partial charge >= 0.3 is 0 Å². The molecule has 28 heavy (non-hydrogen) atoms. The first-order valence-corrected chi connectivity index (χ1v) is 9.73. The van der Waals surface area contributed by atoms with E-state index in [0.717, 1.165) is 16.8 Å². The van der Waals surface area contributed by atoms with Crippen molar-refractivity contribution in [2.45, 2.75) is 13.0 Å². The minimum Gasteiger partial charge on any atom is -0.383 e. The van der Waals surface area contributed by atoms with Crippen molar-refractivity contribution in [1.29, 1.82) is 0 Å². The predicted octanol–water partition coefficient (Wildman–Crippen LogP) is 2.25. The zero-order chi connectivity index (χ0) is 19.7. The molecule has 1 fully saturated rings. The molecule has 0 aromatic carbocycles. The molecule has 1 aliphatic heterocycles. The van der Waals surface area contributed by atoms with Crippen molar-refractivity contribution in [3.8, 4) is 11.3 Å². The lowest BCUT2D eigenvalue weighted by atomic mass is 10.1. The van der Waals surface area contributed by atoms with E-state index in [-0.39, 0.29) is 11.9 Å². The average Bonchev–Trinajstić information content (AvgIpc) is 3.13. The van der Waals surface area contributed by atoms with Gasteiger partial charge in [-0.05, 0) is 25.1 Å². The van der Waals surface area contributed by atoms with Gasteiger partial charge in [0, 0.05) is 37.1 Å². The van der Waals surface area contributed by atoms with E-state index >= 15 is 0 Å². The van der Waals surface area contributed by atoms with Gasteiger partial charge in [-0.1, -0.05) is 11.3 Å². The fourth-order valence-corrected chi connectivity index (χ4v) is 3.99. The standard InChI is InChI=1S/C19H20N6O2S/c1-11-10-27-6-5-25(11)19(26)18-24-15-4-3-14(23-17(15)28-18)12-7-13(8-21-2)16(20)22-9-12/h3-4,7-9,11H,5-6,10H2,1-2H3,(H2,20,22). The molecule has 1 unspecified atom stereocenters. The van der Waals surface area contributed by atoms with Crippen molar-refractivity contribution in [3.05, 3.63) is 35.0 Å². The zero-order valence-electron chi connectivity index (χ0n) is 15.6. The largest absolute Gasteiger partial charge is 0.383 e. The van der Waals surface area contributed by atoms with Gasteiger partial charge in [-0.2, -0.15) is 0 Å². The minimum absolute atomic E-state index is 0.0382. The van der Waals surface area contributed by atoms with E-state index in [1.54, 1.807) is 19.5 Å². The molecule has 0 aliphatic carbocycles. The molecule has 1 saturated heterocycles. The SMILES string of the molecule is CN=Cc1cc(-c2ccc3nc(C(=O)N4CCOCC4C)sc3n2)cnc1N. The average molecular weight is 396 g/mol. The van der Waals surface area contributed by atoms with Crippen molar-refractivity contribution >= 4 is 39.6 Å². The predicted molar refractivity (Wildman–Crippen MR) is 110 cm³/mol. The van der Waals surface area contributed by atoms with Gasteiger partial charge in [-0.25, -0.2) is 15.0 Å². The number of aliphatic imine (C=N–C) groups is 1. The summed E-state index contributed by atoms with van der Waals surface area (Å²) in [4.78, 5) is 32.7. The van der Waals surface area contributed by atoms with Crippen LogP contribution < -0.4 is 5.73 Å². The molecule has 0 saturated carbocycles. The van der Waals surface area contributed by atoms with Crippen LogP contribution in [0.2, 0.25) is 0 Å². The number of nitrogens with two attached hydrogens (primary N) is 1. The lowest BCUT2D eigenvalue weighted by molar-refractivity contribution is 0.00359. The molecule has 8 nitrogen and oxygen atoms in total. The number of morpholine rings is 1. The number of fused-ring (bicyclic) bond motifs is 1. The zero-order valence-corrected chi connectivity index (χ0v) is 16.4. The maximum Gasteiger partial charge on any atom is 0.283 e. The molecule has 9 heteroatoms. The summed E-state index contributed by atoms with van der Waals surface area (Å²) in [6, 6.07) is 5.67. The summed E-state index contributed by atoms with van der Waals surface area (Å²) in [6.45, 7) is 3.66. The van der Waals surface area contributed by atoms with Crippen LogP contribution in [0, 0.1) is 0 Å². The quantitative estimate of drug-likeness (QED) is 0.681. The summed E-state index contributed by atoms with van der Waals surface area (Å²) in [6.07, 6.45) is 3.34. The van der Waals surface area contributed by atoms with Crippen LogP contribution in [0.25, 0.3) is 21.6 Å². The van der Waals surface area contributed by atoms with Crippen molar-refractivity contribution in [2.24, 2.45) is 4.99 Å². The summed E-state index contributed by atoms with van der Waals surface area (Å²) < 4.78 is 5.41. The molecule has 1 amide bonds. The third-order valence-electron chi connectivity index (χ3n) is 4.58. The smallest absolute Gasteiger partial charge is 0.283 e. The number of carbonyl (C=O) groups is 1. The number of carbonyl (C=O) groups excluding carboxylic acids is 1. The molecule has 144 valence electrons. The molecule has 3 aromatic heterocycles. The molecule has 1 atom stereocenters. The van der Waals surface area contributed by atoms with Gasteiger partial charge in [0.2, 0.25) is 0 Å². The number of pyridine rings is 2. The Balaban J connectivity index is 1.67. The Morgan fingerprint density at radius 3 is 3.07 bits per heavy atom. The van der Waals surface area contributed by atoms with Crippen LogP contribution in [-0.2, 0) is 4.74 Å². The van der Waals surface area contributed by atoms with Gasteiger partial charge in [0.1, 0.15) is 16.2 Å². The number of hydrogen-bond donors (Lipinski definition) is 1. The Labute approximate surface area is 166 Å². The van der Waals surface area contributed by atoms with Crippen LogP contribution in [0.1, 0.15) is 22.3 Å². The molecule has 1 aliphatic rings.